The number of Topliss-reactive ketones (excluding diaryl/α,β-unsaturated/α-hetero) is 1. The standard InChI is InChI=1S/C26H40O7/c1-6-7-8-9-20-19(10-11-21(20)27)12-22(28)30-15-26(5)14-18(3)24(33-26)31-16-25(4)13-17(2)23(29)32-25/h7-8,17-20,24H,6,9-16H2,1-5H3/b8-7-/t17-,18-,19+,20+,24+,25+,26+/m0/s1. The van der Waals surface area contributed by atoms with E-state index in [0.717, 1.165) is 12.8 Å². The minimum absolute atomic E-state index is 0.0519. The van der Waals surface area contributed by atoms with E-state index in [9.17, 15) is 14.4 Å². The SMILES string of the molecule is CC/C=C\C[C@H]1C(=O)CC[C@@H]1CC(=O)OC[C@@]1(C)C[C@H](C)[C@H](OC[C@@]2(C)C[C@H](C)C(=O)O2)O1. The van der Waals surface area contributed by atoms with E-state index in [1.165, 1.54) is 0 Å². The van der Waals surface area contributed by atoms with Crippen molar-refractivity contribution in [2.24, 2.45) is 23.7 Å². The summed E-state index contributed by atoms with van der Waals surface area (Å²) in [6.45, 7) is 10.2. The zero-order valence-electron chi connectivity index (χ0n) is 20.8. The molecule has 2 aliphatic heterocycles. The van der Waals surface area contributed by atoms with E-state index in [2.05, 4.69) is 19.1 Å². The Morgan fingerprint density at radius 1 is 1.12 bits per heavy atom. The van der Waals surface area contributed by atoms with Crippen LogP contribution in [0.25, 0.3) is 0 Å². The van der Waals surface area contributed by atoms with Gasteiger partial charge >= 0.3 is 11.9 Å². The molecular formula is C26H40O7. The van der Waals surface area contributed by atoms with Crippen molar-refractivity contribution in [3.05, 3.63) is 12.2 Å². The molecule has 3 aliphatic rings. The number of allylic oxidation sites excluding steroid dienone is 2. The molecular weight excluding hydrogens is 424 g/mol. The minimum Gasteiger partial charge on any atom is -0.463 e. The zero-order chi connectivity index (χ0) is 24.2. The number of carbonyl (C=O) groups is 3. The second-order valence-corrected chi connectivity index (χ2v) is 10.8. The number of carbonyl (C=O) groups excluding carboxylic acids is 3. The van der Waals surface area contributed by atoms with E-state index < -0.39 is 17.5 Å². The van der Waals surface area contributed by atoms with E-state index in [-0.39, 0.29) is 61.0 Å². The van der Waals surface area contributed by atoms with Crippen LogP contribution in [0, 0.1) is 23.7 Å². The van der Waals surface area contributed by atoms with Crippen molar-refractivity contribution in [3.63, 3.8) is 0 Å². The molecule has 0 amide bonds. The van der Waals surface area contributed by atoms with Crippen molar-refractivity contribution in [2.45, 2.75) is 97.1 Å². The number of hydrogen-bond acceptors (Lipinski definition) is 7. The molecule has 7 heteroatoms. The number of cyclic esters (lactones) is 1. The van der Waals surface area contributed by atoms with E-state index in [1.54, 1.807) is 0 Å². The summed E-state index contributed by atoms with van der Waals surface area (Å²) in [4.78, 5) is 36.5. The lowest BCUT2D eigenvalue weighted by molar-refractivity contribution is -0.208. The van der Waals surface area contributed by atoms with Gasteiger partial charge in [0.15, 0.2) is 6.29 Å². The van der Waals surface area contributed by atoms with E-state index in [1.807, 2.05) is 27.7 Å². The summed E-state index contributed by atoms with van der Waals surface area (Å²) >= 11 is 0. The molecule has 0 aromatic heterocycles. The van der Waals surface area contributed by atoms with Gasteiger partial charge in [-0.25, -0.2) is 0 Å². The smallest absolute Gasteiger partial charge is 0.309 e. The van der Waals surface area contributed by atoms with Crippen LogP contribution in [0.5, 0.6) is 0 Å². The molecule has 0 N–H and O–H groups in total. The predicted octanol–water partition coefficient (Wildman–Crippen LogP) is 4.37. The minimum atomic E-state index is -0.632. The Bertz CT molecular complexity index is 762. The van der Waals surface area contributed by atoms with Gasteiger partial charge in [0.2, 0.25) is 0 Å². The van der Waals surface area contributed by atoms with Crippen molar-refractivity contribution in [1.29, 1.82) is 0 Å². The van der Waals surface area contributed by atoms with Crippen LogP contribution in [0.1, 0.15) is 79.6 Å². The topological polar surface area (TPSA) is 88.1 Å². The van der Waals surface area contributed by atoms with Gasteiger partial charge in [0.25, 0.3) is 0 Å². The molecule has 0 bridgehead atoms. The van der Waals surface area contributed by atoms with Crippen LogP contribution < -0.4 is 0 Å². The molecule has 0 spiro atoms. The molecule has 2 heterocycles. The predicted molar refractivity (Wildman–Crippen MR) is 122 cm³/mol. The maximum atomic E-state index is 12.6. The van der Waals surface area contributed by atoms with Gasteiger partial charge in [0.1, 0.15) is 23.6 Å². The molecule has 186 valence electrons. The van der Waals surface area contributed by atoms with E-state index in [4.69, 9.17) is 18.9 Å². The fourth-order valence-corrected chi connectivity index (χ4v) is 5.44. The third-order valence-electron chi connectivity index (χ3n) is 7.16. The molecule has 3 rings (SSSR count). The summed E-state index contributed by atoms with van der Waals surface area (Å²) < 4.78 is 23.2. The number of esters is 2. The molecule has 3 fully saturated rings. The number of hydrogen-bond donors (Lipinski definition) is 0. The van der Waals surface area contributed by atoms with Crippen molar-refractivity contribution in [2.75, 3.05) is 13.2 Å². The summed E-state index contributed by atoms with van der Waals surface area (Å²) in [6, 6.07) is 0. The Morgan fingerprint density at radius 2 is 1.88 bits per heavy atom. The molecule has 0 unspecified atom stereocenters. The highest BCUT2D eigenvalue weighted by atomic mass is 16.7. The lowest BCUT2D eigenvalue weighted by atomic mass is 9.89. The van der Waals surface area contributed by atoms with Crippen LogP contribution in [0.3, 0.4) is 0 Å². The molecule has 1 aliphatic carbocycles. The van der Waals surface area contributed by atoms with Crippen LogP contribution in [0.2, 0.25) is 0 Å². The second kappa shape index (κ2) is 10.7. The third kappa shape index (κ3) is 6.66. The molecule has 7 nitrogen and oxygen atoms in total. The number of rotatable bonds is 10. The molecule has 0 radical (unpaired) electrons. The lowest BCUT2D eigenvalue weighted by Crippen LogP contribution is -2.36. The fraction of sp³-hybridized carbons (Fsp3) is 0.808. The Hall–Kier alpha value is -1.73. The largest absolute Gasteiger partial charge is 0.463 e. The monoisotopic (exact) mass is 464 g/mol. The first-order valence-electron chi connectivity index (χ1n) is 12.4. The second-order valence-electron chi connectivity index (χ2n) is 10.8. The average Bonchev–Trinajstić information content (AvgIpc) is 3.33. The highest BCUT2D eigenvalue weighted by molar-refractivity contribution is 5.84. The first-order chi connectivity index (χ1) is 15.5. The Morgan fingerprint density at radius 3 is 2.55 bits per heavy atom. The Labute approximate surface area is 197 Å². The van der Waals surface area contributed by atoms with Crippen LogP contribution in [0.15, 0.2) is 12.2 Å². The summed E-state index contributed by atoms with van der Waals surface area (Å²) in [5, 5.41) is 0. The van der Waals surface area contributed by atoms with Crippen LogP contribution in [0.4, 0.5) is 0 Å². The summed E-state index contributed by atoms with van der Waals surface area (Å²) in [5.41, 5.74) is -1.26. The van der Waals surface area contributed by atoms with Gasteiger partial charge in [-0.1, -0.05) is 32.9 Å². The van der Waals surface area contributed by atoms with Crippen molar-refractivity contribution in [1.82, 2.24) is 0 Å². The highest BCUT2D eigenvalue weighted by Crippen LogP contribution is 2.38. The van der Waals surface area contributed by atoms with Crippen molar-refractivity contribution in [3.8, 4) is 0 Å². The first kappa shape index (κ1) is 25.9. The van der Waals surface area contributed by atoms with E-state index in [0.29, 0.717) is 25.7 Å². The van der Waals surface area contributed by atoms with E-state index >= 15 is 0 Å². The summed E-state index contributed by atoms with van der Waals surface area (Å²) in [5.74, 6) is -0.242. The summed E-state index contributed by atoms with van der Waals surface area (Å²) in [6.07, 6.45) is 8.21. The van der Waals surface area contributed by atoms with Gasteiger partial charge in [0, 0.05) is 31.1 Å². The molecule has 0 aromatic carbocycles. The lowest BCUT2D eigenvalue weighted by Gasteiger charge is -2.27. The number of ether oxygens (including phenoxy) is 4. The molecule has 2 saturated heterocycles. The Balaban J connectivity index is 1.45. The van der Waals surface area contributed by atoms with Crippen LogP contribution in [-0.4, -0.2) is 48.4 Å². The first-order valence-corrected chi connectivity index (χ1v) is 12.4. The summed E-state index contributed by atoms with van der Waals surface area (Å²) in [7, 11) is 0. The van der Waals surface area contributed by atoms with Gasteiger partial charge in [-0.15, -0.1) is 0 Å². The molecule has 0 aromatic rings. The van der Waals surface area contributed by atoms with Gasteiger partial charge in [0.05, 0.1) is 12.5 Å². The van der Waals surface area contributed by atoms with Gasteiger partial charge in [-0.2, -0.15) is 0 Å². The highest BCUT2D eigenvalue weighted by Gasteiger charge is 2.46. The van der Waals surface area contributed by atoms with Crippen LogP contribution in [-0.2, 0) is 33.3 Å². The zero-order valence-corrected chi connectivity index (χ0v) is 20.8. The van der Waals surface area contributed by atoms with Gasteiger partial charge in [-0.05, 0) is 45.4 Å². The molecule has 7 atom stereocenters. The van der Waals surface area contributed by atoms with Crippen LogP contribution >= 0.6 is 0 Å². The average molecular weight is 465 g/mol. The van der Waals surface area contributed by atoms with Crippen molar-refractivity contribution < 1.29 is 33.3 Å². The molecule has 1 saturated carbocycles. The fourth-order valence-electron chi connectivity index (χ4n) is 5.44. The quantitative estimate of drug-likeness (QED) is 0.350. The Kier molecular flexibility index (Phi) is 8.38. The third-order valence-corrected chi connectivity index (χ3v) is 7.16. The number of ketones is 1. The molecule has 33 heavy (non-hydrogen) atoms. The van der Waals surface area contributed by atoms with Gasteiger partial charge < -0.3 is 18.9 Å². The van der Waals surface area contributed by atoms with Crippen molar-refractivity contribution >= 4 is 17.7 Å². The maximum absolute atomic E-state index is 12.6. The normalized spacial score (nSPS) is 38.9. The maximum Gasteiger partial charge on any atom is 0.309 e. The van der Waals surface area contributed by atoms with Gasteiger partial charge in [-0.3, -0.25) is 14.4 Å².